The molecule has 0 aromatic carbocycles. The van der Waals surface area contributed by atoms with Gasteiger partial charge in [-0.3, -0.25) is 0 Å². The van der Waals surface area contributed by atoms with Gasteiger partial charge in [0.05, 0.1) is 11.4 Å². The molecule has 0 spiro atoms. The molecule has 0 unspecified atom stereocenters. The molecule has 78 valence electrons. The summed E-state index contributed by atoms with van der Waals surface area (Å²) in [6, 6.07) is 1.95. The Balaban J connectivity index is 2.46. The lowest BCUT2D eigenvalue weighted by Gasteiger charge is -2.02. The summed E-state index contributed by atoms with van der Waals surface area (Å²) in [6.07, 6.45) is 3.04. The molecule has 0 amide bonds. The van der Waals surface area contributed by atoms with E-state index >= 15 is 0 Å². The van der Waals surface area contributed by atoms with Crippen LogP contribution in [0.5, 0.6) is 0 Å². The number of nitrogens with one attached hydrogen (secondary N) is 1. The monoisotopic (exact) mass is 211 g/mol. The minimum absolute atomic E-state index is 0.813. The average Bonchev–Trinajstić information content (AvgIpc) is 2.19. The Morgan fingerprint density at radius 3 is 3.07 bits per heavy atom. The van der Waals surface area contributed by atoms with Crippen LogP contribution in [0.15, 0.2) is 12.3 Å². The normalized spacial score (nSPS) is 10.4. The molecule has 0 radical (unpaired) electrons. The Morgan fingerprint density at radius 2 is 2.36 bits per heavy atom. The maximum absolute atomic E-state index is 4.44. The van der Waals surface area contributed by atoms with Crippen LogP contribution >= 0.6 is 11.8 Å². The van der Waals surface area contributed by atoms with E-state index in [4.69, 9.17) is 0 Å². The first-order chi connectivity index (χ1) is 6.86. The average molecular weight is 211 g/mol. The first-order valence-corrected chi connectivity index (χ1v) is 6.05. The standard InChI is InChI=1S/C10H17N3S/c1-3-6-14-8-10-12-5-4-9(13-10)7-11-2/h4-5,11H,3,6-8H2,1-2H3. The topological polar surface area (TPSA) is 37.8 Å². The van der Waals surface area contributed by atoms with Gasteiger partial charge in [-0.1, -0.05) is 6.92 Å². The number of aromatic nitrogens is 2. The highest BCUT2D eigenvalue weighted by atomic mass is 32.2. The minimum Gasteiger partial charge on any atom is -0.314 e. The van der Waals surface area contributed by atoms with E-state index < -0.39 is 0 Å². The summed E-state index contributed by atoms with van der Waals surface area (Å²) >= 11 is 1.89. The van der Waals surface area contributed by atoms with Crippen LogP contribution in [-0.4, -0.2) is 22.8 Å². The Labute approximate surface area is 89.7 Å². The van der Waals surface area contributed by atoms with Gasteiger partial charge in [0.15, 0.2) is 0 Å². The zero-order valence-corrected chi connectivity index (χ0v) is 9.60. The van der Waals surface area contributed by atoms with Crippen LogP contribution in [0.4, 0.5) is 0 Å². The molecule has 0 bridgehead atoms. The van der Waals surface area contributed by atoms with E-state index in [1.807, 2.05) is 31.1 Å². The zero-order valence-electron chi connectivity index (χ0n) is 8.79. The molecule has 0 saturated heterocycles. The lowest BCUT2D eigenvalue weighted by molar-refractivity contribution is 0.777. The molecule has 1 aromatic rings. The van der Waals surface area contributed by atoms with Crippen molar-refractivity contribution in [2.24, 2.45) is 0 Å². The Kier molecular flexibility index (Phi) is 5.56. The second-order valence-corrected chi connectivity index (χ2v) is 4.15. The molecule has 1 N–H and O–H groups in total. The maximum atomic E-state index is 4.44. The first kappa shape index (κ1) is 11.5. The fourth-order valence-corrected chi connectivity index (χ4v) is 1.85. The smallest absolute Gasteiger partial charge is 0.138 e. The summed E-state index contributed by atoms with van der Waals surface area (Å²) in [6.45, 7) is 3.00. The van der Waals surface area contributed by atoms with Gasteiger partial charge in [0.1, 0.15) is 5.82 Å². The number of thioether (sulfide) groups is 1. The summed E-state index contributed by atoms with van der Waals surface area (Å²) in [7, 11) is 1.92. The summed E-state index contributed by atoms with van der Waals surface area (Å²) < 4.78 is 0. The van der Waals surface area contributed by atoms with Gasteiger partial charge in [0.25, 0.3) is 0 Å². The van der Waals surface area contributed by atoms with E-state index in [0.29, 0.717) is 0 Å². The molecule has 0 saturated carbocycles. The maximum Gasteiger partial charge on any atom is 0.138 e. The van der Waals surface area contributed by atoms with E-state index in [1.165, 1.54) is 12.2 Å². The van der Waals surface area contributed by atoms with Crippen LogP contribution in [0.2, 0.25) is 0 Å². The van der Waals surface area contributed by atoms with Crippen molar-refractivity contribution in [1.29, 1.82) is 0 Å². The molecule has 3 nitrogen and oxygen atoms in total. The van der Waals surface area contributed by atoms with Crippen molar-refractivity contribution in [3.05, 3.63) is 23.8 Å². The lowest BCUT2D eigenvalue weighted by atomic mass is 10.4. The summed E-state index contributed by atoms with van der Waals surface area (Å²) in [4.78, 5) is 8.67. The van der Waals surface area contributed by atoms with Crippen LogP contribution in [0.3, 0.4) is 0 Å². The first-order valence-electron chi connectivity index (χ1n) is 4.90. The lowest BCUT2D eigenvalue weighted by Crippen LogP contribution is -2.08. The molecule has 0 aliphatic rings. The van der Waals surface area contributed by atoms with E-state index in [1.54, 1.807) is 0 Å². The van der Waals surface area contributed by atoms with Gasteiger partial charge in [0.2, 0.25) is 0 Å². The van der Waals surface area contributed by atoms with E-state index in [9.17, 15) is 0 Å². The highest BCUT2D eigenvalue weighted by molar-refractivity contribution is 7.98. The quantitative estimate of drug-likeness (QED) is 0.729. The summed E-state index contributed by atoms with van der Waals surface area (Å²) in [5.74, 6) is 3.04. The van der Waals surface area contributed by atoms with Crippen LogP contribution in [0.1, 0.15) is 24.9 Å². The van der Waals surface area contributed by atoms with Gasteiger partial charge in [-0.2, -0.15) is 11.8 Å². The summed E-state index contributed by atoms with van der Waals surface area (Å²) in [5.41, 5.74) is 1.06. The van der Waals surface area contributed by atoms with E-state index in [-0.39, 0.29) is 0 Å². The van der Waals surface area contributed by atoms with Crippen molar-refractivity contribution in [2.45, 2.75) is 25.6 Å². The predicted molar refractivity (Wildman–Crippen MR) is 61.2 cm³/mol. The van der Waals surface area contributed by atoms with Gasteiger partial charge in [-0.25, -0.2) is 9.97 Å². The SMILES string of the molecule is CCCSCc1nccc(CNC)n1. The molecule has 0 aliphatic carbocycles. The Bertz CT molecular complexity index is 265. The fourth-order valence-electron chi connectivity index (χ4n) is 1.10. The highest BCUT2D eigenvalue weighted by Crippen LogP contribution is 2.09. The number of hydrogen-bond donors (Lipinski definition) is 1. The Morgan fingerprint density at radius 1 is 1.50 bits per heavy atom. The zero-order chi connectivity index (χ0) is 10.2. The third-order valence-corrected chi connectivity index (χ3v) is 2.86. The van der Waals surface area contributed by atoms with Crippen LogP contribution in [0, 0.1) is 0 Å². The van der Waals surface area contributed by atoms with Crippen LogP contribution in [0.25, 0.3) is 0 Å². The molecule has 0 aliphatic heterocycles. The number of hydrogen-bond acceptors (Lipinski definition) is 4. The molecule has 1 aromatic heterocycles. The molecule has 1 rings (SSSR count). The minimum atomic E-state index is 0.813. The van der Waals surface area contributed by atoms with Gasteiger partial charge < -0.3 is 5.32 Å². The van der Waals surface area contributed by atoms with Gasteiger partial charge in [-0.05, 0) is 25.3 Å². The molecular weight excluding hydrogens is 194 g/mol. The van der Waals surface area contributed by atoms with Crippen molar-refractivity contribution in [1.82, 2.24) is 15.3 Å². The van der Waals surface area contributed by atoms with Crippen molar-refractivity contribution < 1.29 is 0 Å². The summed E-state index contributed by atoms with van der Waals surface area (Å²) in [5, 5.41) is 3.08. The van der Waals surface area contributed by atoms with Gasteiger partial charge in [0, 0.05) is 12.7 Å². The van der Waals surface area contributed by atoms with E-state index in [2.05, 4.69) is 22.2 Å². The molecule has 1 heterocycles. The molecular formula is C10H17N3S. The van der Waals surface area contributed by atoms with Gasteiger partial charge in [-0.15, -0.1) is 0 Å². The van der Waals surface area contributed by atoms with Crippen LogP contribution < -0.4 is 5.32 Å². The number of nitrogens with zero attached hydrogens (tertiary/aromatic N) is 2. The predicted octanol–water partition coefficient (Wildman–Crippen LogP) is 1.84. The molecule has 0 atom stereocenters. The van der Waals surface area contributed by atoms with E-state index in [0.717, 1.165) is 23.8 Å². The second-order valence-electron chi connectivity index (χ2n) is 3.05. The molecule has 0 fully saturated rings. The Hall–Kier alpha value is -0.610. The highest BCUT2D eigenvalue weighted by Gasteiger charge is 1.98. The third-order valence-electron chi connectivity index (χ3n) is 1.70. The van der Waals surface area contributed by atoms with Gasteiger partial charge >= 0.3 is 0 Å². The van der Waals surface area contributed by atoms with Crippen molar-refractivity contribution in [3.63, 3.8) is 0 Å². The number of rotatable bonds is 6. The second kappa shape index (κ2) is 6.79. The van der Waals surface area contributed by atoms with Crippen molar-refractivity contribution in [2.75, 3.05) is 12.8 Å². The third kappa shape index (κ3) is 4.07. The largest absolute Gasteiger partial charge is 0.314 e. The molecule has 14 heavy (non-hydrogen) atoms. The van der Waals surface area contributed by atoms with Crippen LogP contribution in [-0.2, 0) is 12.3 Å². The van der Waals surface area contributed by atoms with Crippen molar-refractivity contribution >= 4 is 11.8 Å². The fraction of sp³-hybridized carbons (Fsp3) is 0.600. The van der Waals surface area contributed by atoms with Crippen molar-refractivity contribution in [3.8, 4) is 0 Å². The molecule has 4 heteroatoms.